The lowest BCUT2D eigenvalue weighted by molar-refractivity contribution is 0.0904. The highest BCUT2D eigenvalue weighted by atomic mass is 19.3. The van der Waals surface area contributed by atoms with Crippen molar-refractivity contribution in [3.63, 3.8) is 0 Å². The second-order valence-electron chi connectivity index (χ2n) is 6.36. The number of nitrogens with zero attached hydrogens (tertiary/aromatic N) is 2. The fraction of sp³-hybridized carbons (Fsp3) is 0.300. The zero-order chi connectivity index (χ0) is 21.0. The molecule has 3 rings (SSSR count). The first-order valence-electron chi connectivity index (χ1n) is 8.97. The normalized spacial score (nSPS) is 12.5. The number of rotatable bonds is 8. The van der Waals surface area contributed by atoms with Crippen molar-refractivity contribution in [2.75, 3.05) is 0 Å². The smallest absolute Gasteiger partial charge is 0.287 e. The highest BCUT2D eigenvalue weighted by molar-refractivity contribution is 5.91. The molecule has 154 valence electrons. The molecule has 2 aromatic heterocycles. The predicted octanol–water partition coefficient (Wildman–Crippen LogP) is 5.28. The van der Waals surface area contributed by atoms with Crippen LogP contribution in [0.2, 0.25) is 0 Å². The number of aromatic nitrogens is 2. The molecule has 2 heterocycles. The maximum atomic E-state index is 13.1. The maximum absolute atomic E-state index is 13.1. The van der Waals surface area contributed by atoms with E-state index in [4.69, 9.17) is 4.42 Å². The van der Waals surface area contributed by atoms with Crippen LogP contribution in [0.15, 0.2) is 52.9 Å². The quantitative estimate of drug-likeness (QED) is 0.515. The Morgan fingerprint density at radius 2 is 1.83 bits per heavy atom. The Kier molecular flexibility index (Phi) is 6.36. The van der Waals surface area contributed by atoms with Crippen LogP contribution in [0.3, 0.4) is 0 Å². The SMILES string of the molecule is CCC(NC(=O)c1ccc(Cn2nc(C(F)F)cc2C(F)F)o1)c1ccccc1. The van der Waals surface area contributed by atoms with Gasteiger partial charge in [0.2, 0.25) is 0 Å². The largest absolute Gasteiger partial charge is 0.454 e. The summed E-state index contributed by atoms with van der Waals surface area (Å²) in [7, 11) is 0. The summed E-state index contributed by atoms with van der Waals surface area (Å²) in [6, 6.07) is 12.7. The van der Waals surface area contributed by atoms with Gasteiger partial charge in [0.25, 0.3) is 18.8 Å². The third kappa shape index (κ3) is 4.85. The Morgan fingerprint density at radius 3 is 2.45 bits per heavy atom. The first kappa shape index (κ1) is 20.6. The number of carbonyl (C=O) groups is 1. The summed E-state index contributed by atoms with van der Waals surface area (Å²) < 4.78 is 57.9. The number of furan rings is 1. The van der Waals surface area contributed by atoms with Gasteiger partial charge in [0.05, 0.1) is 12.6 Å². The average Bonchev–Trinajstić information content (AvgIpc) is 3.34. The molecule has 9 heteroatoms. The molecule has 0 bridgehead atoms. The van der Waals surface area contributed by atoms with E-state index in [1.54, 1.807) is 0 Å². The topological polar surface area (TPSA) is 60.1 Å². The molecule has 0 spiro atoms. The minimum absolute atomic E-state index is 0.00535. The van der Waals surface area contributed by atoms with E-state index >= 15 is 0 Å². The van der Waals surface area contributed by atoms with Gasteiger partial charge in [-0.15, -0.1) is 0 Å². The molecule has 0 aliphatic carbocycles. The van der Waals surface area contributed by atoms with E-state index in [1.807, 2.05) is 37.3 Å². The van der Waals surface area contributed by atoms with Crippen molar-refractivity contribution in [3.8, 4) is 0 Å². The molecular formula is C20H19F4N3O2. The van der Waals surface area contributed by atoms with Crippen LogP contribution < -0.4 is 5.32 Å². The van der Waals surface area contributed by atoms with Crippen molar-refractivity contribution in [1.29, 1.82) is 0 Å². The standard InChI is InChI=1S/C20H19F4N3O2/c1-2-14(12-6-4-3-5-7-12)25-20(28)17-9-8-13(29-17)11-27-16(19(23)24)10-15(26-27)18(21)22/h3-10,14,18-19H,2,11H2,1H3,(H,25,28). The van der Waals surface area contributed by atoms with Gasteiger partial charge in [-0.2, -0.15) is 5.10 Å². The van der Waals surface area contributed by atoms with Gasteiger partial charge in [0, 0.05) is 0 Å². The van der Waals surface area contributed by atoms with Crippen molar-refractivity contribution in [2.45, 2.75) is 38.8 Å². The van der Waals surface area contributed by atoms with Crippen LogP contribution in [0.1, 0.15) is 65.5 Å². The Balaban J connectivity index is 1.73. The molecule has 0 radical (unpaired) electrons. The molecule has 29 heavy (non-hydrogen) atoms. The second kappa shape index (κ2) is 8.93. The molecule has 0 saturated carbocycles. The van der Waals surface area contributed by atoms with E-state index < -0.39 is 30.1 Å². The van der Waals surface area contributed by atoms with Crippen molar-refractivity contribution >= 4 is 5.91 Å². The summed E-state index contributed by atoms with van der Waals surface area (Å²) in [5.41, 5.74) is -0.441. The number of halogens is 4. The Labute approximate surface area is 164 Å². The lowest BCUT2D eigenvalue weighted by Gasteiger charge is -2.16. The molecule has 0 aliphatic heterocycles. The number of amides is 1. The number of alkyl halides is 4. The van der Waals surface area contributed by atoms with E-state index in [1.165, 1.54) is 12.1 Å². The summed E-state index contributed by atoms with van der Waals surface area (Å²) in [5.74, 6) is -0.322. The number of hydrogen-bond donors (Lipinski definition) is 1. The van der Waals surface area contributed by atoms with Crippen LogP contribution in [-0.4, -0.2) is 15.7 Å². The monoisotopic (exact) mass is 409 g/mol. The Bertz CT molecular complexity index is 954. The molecule has 3 aromatic rings. The van der Waals surface area contributed by atoms with Gasteiger partial charge in [-0.05, 0) is 30.2 Å². The summed E-state index contributed by atoms with van der Waals surface area (Å²) >= 11 is 0. The fourth-order valence-electron chi connectivity index (χ4n) is 2.93. The zero-order valence-electron chi connectivity index (χ0n) is 15.5. The third-order valence-electron chi connectivity index (χ3n) is 4.38. The highest BCUT2D eigenvalue weighted by Gasteiger charge is 2.22. The highest BCUT2D eigenvalue weighted by Crippen LogP contribution is 2.26. The van der Waals surface area contributed by atoms with Crippen LogP contribution >= 0.6 is 0 Å². The summed E-state index contributed by atoms with van der Waals surface area (Å²) in [6.45, 7) is 1.63. The van der Waals surface area contributed by atoms with Crippen LogP contribution in [0.5, 0.6) is 0 Å². The van der Waals surface area contributed by atoms with Crippen molar-refractivity contribution in [1.82, 2.24) is 15.1 Å². The molecule has 0 saturated heterocycles. The maximum Gasteiger partial charge on any atom is 0.287 e. The van der Waals surface area contributed by atoms with Gasteiger partial charge in [0.15, 0.2) is 5.76 Å². The minimum atomic E-state index is -2.97. The van der Waals surface area contributed by atoms with Crippen LogP contribution in [-0.2, 0) is 6.54 Å². The summed E-state index contributed by atoms with van der Waals surface area (Å²) in [5, 5.41) is 6.36. The second-order valence-corrected chi connectivity index (χ2v) is 6.36. The number of nitrogens with one attached hydrogen (secondary N) is 1. The van der Waals surface area contributed by atoms with Gasteiger partial charge in [-0.25, -0.2) is 17.6 Å². The van der Waals surface area contributed by atoms with Gasteiger partial charge in [0.1, 0.15) is 17.1 Å². The van der Waals surface area contributed by atoms with Gasteiger partial charge in [-0.1, -0.05) is 37.3 Å². The van der Waals surface area contributed by atoms with Crippen molar-refractivity contribution in [3.05, 3.63) is 77.0 Å². The zero-order valence-corrected chi connectivity index (χ0v) is 15.5. The first-order valence-corrected chi connectivity index (χ1v) is 8.97. The van der Waals surface area contributed by atoms with Crippen LogP contribution in [0.25, 0.3) is 0 Å². The van der Waals surface area contributed by atoms with E-state index in [-0.39, 0.29) is 24.1 Å². The minimum Gasteiger partial charge on any atom is -0.454 e. The average molecular weight is 409 g/mol. The Hall–Kier alpha value is -3.10. The third-order valence-corrected chi connectivity index (χ3v) is 4.38. The van der Waals surface area contributed by atoms with Gasteiger partial charge < -0.3 is 9.73 Å². The lowest BCUT2D eigenvalue weighted by atomic mass is 10.0. The van der Waals surface area contributed by atoms with Crippen molar-refractivity contribution < 1.29 is 26.8 Å². The first-order chi connectivity index (χ1) is 13.9. The van der Waals surface area contributed by atoms with Gasteiger partial charge >= 0.3 is 0 Å². The molecule has 1 atom stereocenters. The molecule has 5 nitrogen and oxygen atoms in total. The fourth-order valence-corrected chi connectivity index (χ4v) is 2.93. The van der Waals surface area contributed by atoms with Crippen LogP contribution in [0.4, 0.5) is 17.6 Å². The van der Waals surface area contributed by atoms with Crippen molar-refractivity contribution in [2.24, 2.45) is 0 Å². The van der Waals surface area contributed by atoms with E-state index in [0.717, 1.165) is 10.2 Å². The molecule has 1 amide bonds. The number of carbonyl (C=O) groups excluding carboxylic acids is 1. The predicted molar refractivity (Wildman–Crippen MR) is 96.9 cm³/mol. The van der Waals surface area contributed by atoms with E-state index in [2.05, 4.69) is 10.4 Å². The summed E-state index contributed by atoms with van der Waals surface area (Å²) in [4.78, 5) is 12.5. The van der Waals surface area contributed by atoms with E-state index in [9.17, 15) is 22.4 Å². The van der Waals surface area contributed by atoms with E-state index in [0.29, 0.717) is 12.5 Å². The van der Waals surface area contributed by atoms with Crippen LogP contribution in [0, 0.1) is 0 Å². The number of hydrogen-bond acceptors (Lipinski definition) is 3. The summed E-state index contributed by atoms with van der Waals surface area (Å²) in [6.07, 6.45) is -5.27. The van der Waals surface area contributed by atoms with Gasteiger partial charge in [-0.3, -0.25) is 9.48 Å². The molecular weight excluding hydrogens is 390 g/mol. The lowest BCUT2D eigenvalue weighted by Crippen LogP contribution is -2.27. The molecule has 1 unspecified atom stereocenters. The molecule has 0 fully saturated rings. The molecule has 1 N–H and O–H groups in total. The molecule has 1 aromatic carbocycles. The Morgan fingerprint density at radius 1 is 1.10 bits per heavy atom. The molecule has 0 aliphatic rings. The number of benzene rings is 1.